The highest BCUT2D eigenvalue weighted by atomic mass is 16.2. The fourth-order valence-corrected chi connectivity index (χ4v) is 2.53. The smallest absolute Gasteiger partial charge is 0.234 e. The molecule has 0 bridgehead atoms. The molecule has 2 saturated heterocycles. The third-order valence-corrected chi connectivity index (χ3v) is 3.92. The lowest BCUT2D eigenvalue weighted by Crippen LogP contribution is -2.48. The first-order valence-corrected chi connectivity index (χ1v) is 7.19. The maximum atomic E-state index is 11.2. The summed E-state index contributed by atoms with van der Waals surface area (Å²) in [6.07, 6.45) is 2.39. The first-order valence-electron chi connectivity index (χ1n) is 7.19. The fourth-order valence-electron chi connectivity index (χ4n) is 2.53. The van der Waals surface area contributed by atoms with E-state index in [1.165, 1.54) is 12.8 Å². The topological polar surface area (TPSA) is 74.0 Å². The minimum Gasteiger partial charge on any atom is -0.370 e. The average Bonchev–Trinajstić information content (AvgIpc) is 2.39. The number of piperidine rings is 1. The SMILES string of the molecule is CC1CCN(C(N)=NCCN2CCNC(=O)C2)CC1. The van der Waals surface area contributed by atoms with Gasteiger partial charge < -0.3 is 16.0 Å². The number of guanidine groups is 1. The molecule has 0 unspecified atom stereocenters. The largest absolute Gasteiger partial charge is 0.370 e. The van der Waals surface area contributed by atoms with Crippen LogP contribution in [0.25, 0.3) is 0 Å². The Morgan fingerprint density at radius 1 is 1.42 bits per heavy atom. The fraction of sp³-hybridized carbons (Fsp3) is 0.846. The van der Waals surface area contributed by atoms with E-state index in [2.05, 4.69) is 27.0 Å². The molecule has 6 heteroatoms. The molecule has 0 atom stereocenters. The molecule has 3 N–H and O–H groups in total. The molecule has 2 heterocycles. The summed E-state index contributed by atoms with van der Waals surface area (Å²) in [5.41, 5.74) is 6.01. The highest BCUT2D eigenvalue weighted by Gasteiger charge is 2.17. The summed E-state index contributed by atoms with van der Waals surface area (Å²) in [7, 11) is 0. The molecule has 2 aliphatic rings. The molecule has 0 saturated carbocycles. The normalized spacial score (nSPS) is 23.5. The lowest BCUT2D eigenvalue weighted by atomic mass is 10.00. The lowest BCUT2D eigenvalue weighted by Gasteiger charge is -2.31. The van der Waals surface area contributed by atoms with Gasteiger partial charge in [0.2, 0.25) is 5.91 Å². The molecular weight excluding hydrogens is 242 g/mol. The molecule has 0 aromatic heterocycles. The van der Waals surface area contributed by atoms with E-state index in [4.69, 9.17) is 5.73 Å². The molecule has 2 aliphatic heterocycles. The van der Waals surface area contributed by atoms with E-state index < -0.39 is 0 Å². The van der Waals surface area contributed by atoms with Crippen LogP contribution in [-0.4, -0.2) is 67.5 Å². The van der Waals surface area contributed by atoms with E-state index in [9.17, 15) is 4.79 Å². The van der Waals surface area contributed by atoms with Gasteiger partial charge in [-0.3, -0.25) is 14.7 Å². The standard InChI is InChI=1S/C13H25N5O/c1-11-2-6-18(7-3-11)13(14)16-5-9-17-8-4-15-12(19)10-17/h11H,2-10H2,1H3,(H2,14,16)(H,15,19). The number of carbonyl (C=O) groups is 1. The van der Waals surface area contributed by atoms with Crippen molar-refractivity contribution in [2.24, 2.45) is 16.6 Å². The van der Waals surface area contributed by atoms with Crippen molar-refractivity contribution in [2.75, 3.05) is 45.8 Å². The Morgan fingerprint density at radius 3 is 2.84 bits per heavy atom. The van der Waals surface area contributed by atoms with Crippen LogP contribution in [-0.2, 0) is 4.79 Å². The second-order valence-electron chi connectivity index (χ2n) is 5.54. The summed E-state index contributed by atoms with van der Waals surface area (Å²) in [6, 6.07) is 0. The number of nitrogens with two attached hydrogens (primary N) is 1. The molecule has 0 aliphatic carbocycles. The molecule has 1 amide bonds. The van der Waals surface area contributed by atoms with Gasteiger partial charge in [-0.2, -0.15) is 0 Å². The second-order valence-corrected chi connectivity index (χ2v) is 5.54. The summed E-state index contributed by atoms with van der Waals surface area (Å²) in [4.78, 5) is 20.0. The number of aliphatic imine (C=N–C) groups is 1. The molecule has 0 aromatic rings. The van der Waals surface area contributed by atoms with Crippen LogP contribution in [0.15, 0.2) is 4.99 Å². The van der Waals surface area contributed by atoms with Crippen molar-refractivity contribution in [3.05, 3.63) is 0 Å². The number of likely N-dealkylation sites (tertiary alicyclic amines) is 1. The molecule has 2 fully saturated rings. The summed E-state index contributed by atoms with van der Waals surface area (Å²) in [5, 5.41) is 2.82. The van der Waals surface area contributed by atoms with E-state index in [1.807, 2.05) is 0 Å². The Hall–Kier alpha value is -1.30. The third kappa shape index (κ3) is 4.38. The van der Waals surface area contributed by atoms with Crippen LogP contribution in [0.2, 0.25) is 0 Å². The number of piperazine rings is 1. The van der Waals surface area contributed by atoms with E-state index in [0.29, 0.717) is 19.0 Å². The van der Waals surface area contributed by atoms with E-state index in [-0.39, 0.29) is 5.91 Å². The van der Waals surface area contributed by atoms with Gasteiger partial charge in [-0.1, -0.05) is 6.92 Å². The van der Waals surface area contributed by atoms with Gasteiger partial charge in [-0.25, -0.2) is 0 Å². The Bertz CT molecular complexity index is 336. The summed E-state index contributed by atoms with van der Waals surface area (Å²) >= 11 is 0. The lowest BCUT2D eigenvalue weighted by molar-refractivity contribution is -0.124. The Kier molecular flexibility index (Phi) is 5.01. The summed E-state index contributed by atoms with van der Waals surface area (Å²) in [5.74, 6) is 1.57. The molecule has 6 nitrogen and oxygen atoms in total. The van der Waals surface area contributed by atoms with Gasteiger partial charge in [0, 0.05) is 32.7 Å². The monoisotopic (exact) mass is 267 g/mol. The molecule has 0 radical (unpaired) electrons. The second kappa shape index (κ2) is 6.75. The number of hydrogen-bond acceptors (Lipinski definition) is 3. The maximum Gasteiger partial charge on any atom is 0.234 e. The van der Waals surface area contributed by atoms with Gasteiger partial charge in [0.15, 0.2) is 5.96 Å². The first-order chi connectivity index (χ1) is 9.15. The average molecular weight is 267 g/mol. The third-order valence-electron chi connectivity index (χ3n) is 3.92. The Balaban J connectivity index is 1.70. The van der Waals surface area contributed by atoms with Crippen LogP contribution >= 0.6 is 0 Å². The number of nitrogens with zero attached hydrogens (tertiary/aromatic N) is 3. The Morgan fingerprint density at radius 2 is 2.16 bits per heavy atom. The summed E-state index contributed by atoms with van der Waals surface area (Å²) in [6.45, 7) is 7.92. The van der Waals surface area contributed by atoms with Crippen LogP contribution in [0.3, 0.4) is 0 Å². The van der Waals surface area contributed by atoms with Crippen molar-refractivity contribution in [1.82, 2.24) is 15.1 Å². The predicted octanol–water partition coefficient (Wildman–Crippen LogP) is -0.535. The van der Waals surface area contributed by atoms with Gasteiger partial charge in [0.25, 0.3) is 0 Å². The van der Waals surface area contributed by atoms with Crippen LogP contribution in [0.5, 0.6) is 0 Å². The highest BCUT2D eigenvalue weighted by molar-refractivity contribution is 5.79. The van der Waals surface area contributed by atoms with Crippen molar-refractivity contribution >= 4 is 11.9 Å². The van der Waals surface area contributed by atoms with E-state index >= 15 is 0 Å². The highest BCUT2D eigenvalue weighted by Crippen LogP contribution is 2.15. The van der Waals surface area contributed by atoms with Crippen molar-refractivity contribution in [1.29, 1.82) is 0 Å². The van der Waals surface area contributed by atoms with Gasteiger partial charge >= 0.3 is 0 Å². The number of hydrogen-bond donors (Lipinski definition) is 2. The van der Waals surface area contributed by atoms with Crippen LogP contribution in [0, 0.1) is 5.92 Å². The molecule has 0 aromatic carbocycles. The minimum absolute atomic E-state index is 0.105. The molecule has 2 rings (SSSR count). The van der Waals surface area contributed by atoms with Gasteiger partial charge in [-0.05, 0) is 18.8 Å². The quantitative estimate of drug-likeness (QED) is 0.532. The number of nitrogens with one attached hydrogen (secondary N) is 1. The number of carbonyl (C=O) groups excluding carboxylic acids is 1. The van der Waals surface area contributed by atoms with E-state index in [0.717, 1.165) is 38.6 Å². The van der Waals surface area contributed by atoms with Gasteiger partial charge in [0.05, 0.1) is 13.1 Å². The first kappa shape index (κ1) is 14.1. The summed E-state index contributed by atoms with van der Waals surface area (Å²) < 4.78 is 0. The number of rotatable bonds is 3. The zero-order valence-electron chi connectivity index (χ0n) is 11.8. The maximum absolute atomic E-state index is 11.2. The van der Waals surface area contributed by atoms with Crippen molar-refractivity contribution in [2.45, 2.75) is 19.8 Å². The molecule has 108 valence electrons. The Labute approximate surface area is 115 Å². The minimum atomic E-state index is 0.105. The van der Waals surface area contributed by atoms with Gasteiger partial charge in [-0.15, -0.1) is 0 Å². The van der Waals surface area contributed by atoms with Crippen LogP contribution in [0.1, 0.15) is 19.8 Å². The zero-order chi connectivity index (χ0) is 13.7. The number of amides is 1. The molecule has 19 heavy (non-hydrogen) atoms. The van der Waals surface area contributed by atoms with Crippen molar-refractivity contribution in [3.63, 3.8) is 0 Å². The van der Waals surface area contributed by atoms with Crippen molar-refractivity contribution in [3.8, 4) is 0 Å². The van der Waals surface area contributed by atoms with Gasteiger partial charge in [0.1, 0.15) is 0 Å². The molecule has 0 spiro atoms. The van der Waals surface area contributed by atoms with Crippen LogP contribution < -0.4 is 11.1 Å². The van der Waals surface area contributed by atoms with Crippen LogP contribution in [0.4, 0.5) is 0 Å². The predicted molar refractivity (Wildman–Crippen MR) is 75.9 cm³/mol. The molecular formula is C13H25N5O. The van der Waals surface area contributed by atoms with E-state index in [1.54, 1.807) is 0 Å². The zero-order valence-corrected chi connectivity index (χ0v) is 11.8. The van der Waals surface area contributed by atoms with Crippen molar-refractivity contribution < 1.29 is 4.79 Å².